The highest BCUT2D eigenvalue weighted by atomic mass is 19.1. The lowest BCUT2D eigenvalue weighted by Crippen LogP contribution is -1.97. The van der Waals surface area contributed by atoms with Crippen LogP contribution in [0.2, 0.25) is 0 Å². The van der Waals surface area contributed by atoms with Gasteiger partial charge in [0.1, 0.15) is 5.82 Å². The van der Waals surface area contributed by atoms with Crippen molar-refractivity contribution < 1.29 is 9.50 Å². The molecule has 0 aliphatic heterocycles. The quantitative estimate of drug-likeness (QED) is 0.403. The lowest BCUT2D eigenvalue weighted by atomic mass is 10.0. The van der Waals surface area contributed by atoms with Crippen molar-refractivity contribution in [2.75, 3.05) is 0 Å². The van der Waals surface area contributed by atoms with E-state index in [1.54, 1.807) is 37.4 Å². The Bertz CT molecular complexity index is 995. The summed E-state index contributed by atoms with van der Waals surface area (Å²) in [5.41, 5.74) is 4.77. The minimum atomic E-state index is -0.287. The topological polar surface area (TPSA) is 46.0 Å². The minimum absolute atomic E-state index is 0.253. The third kappa shape index (κ3) is 5.11. The summed E-state index contributed by atoms with van der Waals surface area (Å²) in [5, 5.41) is 9.26. The minimum Gasteiger partial charge on any atom is -0.393 e. The van der Waals surface area contributed by atoms with Crippen molar-refractivity contribution in [2.45, 2.75) is 38.7 Å². The molecule has 0 spiro atoms. The molecule has 144 valence electrons. The summed E-state index contributed by atoms with van der Waals surface area (Å²) in [4.78, 5) is 9.02. The van der Waals surface area contributed by atoms with Crippen LogP contribution in [-0.2, 0) is 6.42 Å². The number of allylic oxidation sites excluding steroid dienone is 2. The molecule has 2 aromatic carbocycles. The fourth-order valence-electron chi connectivity index (χ4n) is 3.06. The Morgan fingerprint density at radius 2 is 1.93 bits per heavy atom. The number of aliphatic hydroxyl groups is 1. The van der Waals surface area contributed by atoms with Crippen LogP contribution in [0.3, 0.4) is 0 Å². The molecule has 0 fully saturated rings. The van der Waals surface area contributed by atoms with Gasteiger partial charge in [0.25, 0.3) is 0 Å². The second-order valence-electron chi connectivity index (χ2n) is 6.98. The van der Waals surface area contributed by atoms with Crippen LogP contribution in [0.15, 0.2) is 61.3 Å². The standard InChI is InChI=1S/C24H25FN2O/c1-3-7-21-16-26-24-15-20(12-13-23(24)27-21)19-11-10-18(22(25)14-19)9-6-4-5-8-17(2)28/h3,6,9-17,28H,1,4-5,7-8H2,2H3/b9-6+. The predicted octanol–water partition coefficient (Wildman–Crippen LogP) is 5.73. The van der Waals surface area contributed by atoms with E-state index in [2.05, 4.69) is 16.5 Å². The van der Waals surface area contributed by atoms with Crippen LogP contribution in [0.1, 0.15) is 37.4 Å². The van der Waals surface area contributed by atoms with E-state index in [9.17, 15) is 9.50 Å². The molecule has 1 aromatic heterocycles. The van der Waals surface area contributed by atoms with Gasteiger partial charge in [-0.05, 0) is 55.5 Å². The summed E-state index contributed by atoms with van der Waals surface area (Å²) in [6.45, 7) is 5.50. The molecule has 0 saturated heterocycles. The van der Waals surface area contributed by atoms with Crippen LogP contribution in [0.4, 0.5) is 4.39 Å². The van der Waals surface area contributed by atoms with Gasteiger partial charge in [-0.15, -0.1) is 6.58 Å². The first-order valence-corrected chi connectivity index (χ1v) is 9.58. The second-order valence-corrected chi connectivity index (χ2v) is 6.98. The van der Waals surface area contributed by atoms with E-state index in [1.165, 1.54) is 0 Å². The van der Waals surface area contributed by atoms with Crippen LogP contribution in [0, 0.1) is 5.82 Å². The van der Waals surface area contributed by atoms with Gasteiger partial charge in [-0.1, -0.05) is 36.4 Å². The summed E-state index contributed by atoms with van der Waals surface area (Å²) < 4.78 is 14.5. The van der Waals surface area contributed by atoms with Gasteiger partial charge in [0.15, 0.2) is 0 Å². The Labute approximate surface area is 165 Å². The lowest BCUT2D eigenvalue weighted by Gasteiger charge is -2.06. The number of fused-ring (bicyclic) bond motifs is 1. The molecule has 0 radical (unpaired) electrons. The van der Waals surface area contributed by atoms with Crippen LogP contribution < -0.4 is 0 Å². The monoisotopic (exact) mass is 376 g/mol. The van der Waals surface area contributed by atoms with Gasteiger partial charge in [-0.2, -0.15) is 0 Å². The first-order chi connectivity index (χ1) is 13.6. The lowest BCUT2D eigenvalue weighted by molar-refractivity contribution is 0.182. The number of aliphatic hydroxyl groups excluding tert-OH is 1. The predicted molar refractivity (Wildman–Crippen MR) is 113 cm³/mol. The molecule has 1 atom stereocenters. The molecular weight excluding hydrogens is 351 g/mol. The van der Waals surface area contributed by atoms with Crippen LogP contribution in [0.5, 0.6) is 0 Å². The number of nitrogens with zero attached hydrogens (tertiary/aromatic N) is 2. The SMILES string of the molecule is C=CCc1cnc2cc(-c3ccc(/C=C/CCCC(C)O)c(F)c3)ccc2n1. The van der Waals surface area contributed by atoms with Crippen molar-refractivity contribution in [3.63, 3.8) is 0 Å². The normalized spacial score (nSPS) is 12.5. The zero-order valence-corrected chi connectivity index (χ0v) is 16.1. The molecule has 1 N–H and O–H groups in total. The van der Waals surface area contributed by atoms with Gasteiger partial charge in [-0.3, -0.25) is 4.98 Å². The Morgan fingerprint density at radius 1 is 1.14 bits per heavy atom. The Hall–Kier alpha value is -2.85. The van der Waals surface area contributed by atoms with Crippen molar-refractivity contribution in [3.8, 4) is 11.1 Å². The molecule has 3 nitrogen and oxygen atoms in total. The van der Waals surface area contributed by atoms with Crippen LogP contribution >= 0.6 is 0 Å². The highest BCUT2D eigenvalue weighted by Crippen LogP contribution is 2.25. The zero-order chi connectivity index (χ0) is 19.9. The molecule has 1 unspecified atom stereocenters. The molecule has 3 aromatic rings. The van der Waals surface area contributed by atoms with Crippen molar-refractivity contribution in [1.82, 2.24) is 9.97 Å². The summed E-state index contributed by atoms with van der Waals surface area (Å²) in [7, 11) is 0. The van der Waals surface area contributed by atoms with E-state index >= 15 is 0 Å². The number of hydrogen-bond donors (Lipinski definition) is 1. The number of unbranched alkanes of at least 4 members (excludes halogenated alkanes) is 1. The van der Waals surface area contributed by atoms with E-state index in [0.29, 0.717) is 12.0 Å². The molecule has 4 heteroatoms. The van der Waals surface area contributed by atoms with Gasteiger partial charge >= 0.3 is 0 Å². The fourth-order valence-corrected chi connectivity index (χ4v) is 3.06. The smallest absolute Gasteiger partial charge is 0.131 e. The number of benzene rings is 2. The van der Waals surface area contributed by atoms with E-state index in [1.807, 2.05) is 30.3 Å². The van der Waals surface area contributed by atoms with Gasteiger partial charge < -0.3 is 5.11 Å². The van der Waals surface area contributed by atoms with E-state index in [0.717, 1.165) is 47.1 Å². The van der Waals surface area contributed by atoms with Gasteiger partial charge in [0.05, 0.1) is 22.8 Å². The first-order valence-electron chi connectivity index (χ1n) is 9.58. The highest BCUT2D eigenvalue weighted by Gasteiger charge is 2.06. The van der Waals surface area contributed by atoms with Crippen molar-refractivity contribution >= 4 is 17.1 Å². The Morgan fingerprint density at radius 3 is 2.68 bits per heavy atom. The van der Waals surface area contributed by atoms with E-state index < -0.39 is 0 Å². The Kier molecular flexibility index (Phi) is 6.66. The largest absolute Gasteiger partial charge is 0.393 e. The summed E-state index contributed by atoms with van der Waals surface area (Å²) in [5.74, 6) is -0.253. The maximum absolute atomic E-state index is 14.5. The first kappa shape index (κ1) is 19.9. The van der Waals surface area contributed by atoms with Gasteiger partial charge in [-0.25, -0.2) is 9.37 Å². The van der Waals surface area contributed by atoms with Gasteiger partial charge in [0, 0.05) is 18.2 Å². The molecule has 0 aliphatic carbocycles. The summed E-state index contributed by atoms with van der Waals surface area (Å²) in [6.07, 6.45) is 10.2. The van der Waals surface area contributed by atoms with Crippen molar-refractivity contribution in [3.05, 3.63) is 78.4 Å². The van der Waals surface area contributed by atoms with Crippen molar-refractivity contribution in [1.29, 1.82) is 0 Å². The molecule has 28 heavy (non-hydrogen) atoms. The average Bonchev–Trinajstić information content (AvgIpc) is 2.68. The maximum Gasteiger partial charge on any atom is 0.131 e. The highest BCUT2D eigenvalue weighted by molar-refractivity contribution is 5.81. The van der Waals surface area contributed by atoms with Crippen LogP contribution in [-0.4, -0.2) is 21.2 Å². The number of halogens is 1. The third-order valence-electron chi connectivity index (χ3n) is 4.57. The second kappa shape index (κ2) is 9.38. The number of rotatable bonds is 8. The van der Waals surface area contributed by atoms with E-state index in [4.69, 9.17) is 0 Å². The summed E-state index contributed by atoms with van der Waals surface area (Å²) in [6, 6.07) is 11.0. The molecule has 0 amide bonds. The molecule has 0 saturated carbocycles. The third-order valence-corrected chi connectivity index (χ3v) is 4.57. The van der Waals surface area contributed by atoms with Gasteiger partial charge in [0.2, 0.25) is 0 Å². The fraction of sp³-hybridized carbons (Fsp3) is 0.250. The average molecular weight is 376 g/mol. The number of hydrogen-bond acceptors (Lipinski definition) is 3. The summed E-state index contributed by atoms with van der Waals surface area (Å²) >= 11 is 0. The molecule has 0 bridgehead atoms. The van der Waals surface area contributed by atoms with Crippen LogP contribution in [0.25, 0.3) is 28.2 Å². The number of aromatic nitrogens is 2. The van der Waals surface area contributed by atoms with Crippen molar-refractivity contribution in [2.24, 2.45) is 0 Å². The molecular formula is C24H25FN2O. The molecule has 3 rings (SSSR count). The zero-order valence-electron chi connectivity index (χ0n) is 16.1. The maximum atomic E-state index is 14.5. The van der Waals surface area contributed by atoms with E-state index in [-0.39, 0.29) is 11.9 Å². The Balaban J connectivity index is 1.76. The molecule has 0 aliphatic rings. The molecule has 1 heterocycles.